The summed E-state index contributed by atoms with van der Waals surface area (Å²) in [4.78, 5) is 21.5. The van der Waals surface area contributed by atoms with E-state index >= 15 is 0 Å². The van der Waals surface area contributed by atoms with E-state index in [0.717, 1.165) is 0 Å². The molecule has 1 aliphatic heterocycles. The minimum Gasteiger partial charge on any atom is -0.340 e. The van der Waals surface area contributed by atoms with Crippen molar-refractivity contribution in [3.05, 3.63) is 70.6 Å². The number of aromatic nitrogens is 6. The van der Waals surface area contributed by atoms with Gasteiger partial charge in [-0.3, -0.25) is 4.98 Å². The molecule has 4 aromatic heterocycles. The molecule has 0 saturated heterocycles. The van der Waals surface area contributed by atoms with Gasteiger partial charge in [-0.15, -0.1) is 0 Å². The molecule has 0 amide bonds. The largest absolute Gasteiger partial charge is 0.435 e. The molecule has 34 heavy (non-hydrogen) atoms. The summed E-state index contributed by atoms with van der Waals surface area (Å²) in [6.07, 6.45) is -9.03. The Morgan fingerprint density at radius 3 is 1.44 bits per heavy atom. The monoisotopic (exact) mass is 478 g/mol. The summed E-state index contributed by atoms with van der Waals surface area (Å²) in [5.74, 6) is -0.276. The molecule has 8 bridgehead atoms. The van der Waals surface area contributed by atoms with Crippen LogP contribution < -0.4 is 0 Å². The lowest BCUT2D eigenvalue weighted by atomic mass is 10.1. The molecule has 0 radical (unpaired) electrons. The summed E-state index contributed by atoms with van der Waals surface area (Å²) in [6.45, 7) is 0. The van der Waals surface area contributed by atoms with Gasteiger partial charge in [-0.1, -0.05) is 12.1 Å². The molecule has 0 aliphatic carbocycles. The zero-order valence-electron chi connectivity index (χ0n) is 17.3. The molecule has 5 rings (SSSR count). The average Bonchev–Trinajstić information content (AvgIpc) is 3.41. The van der Waals surface area contributed by atoms with Gasteiger partial charge in [0, 0.05) is 22.8 Å². The van der Waals surface area contributed by atoms with Crippen LogP contribution in [0.3, 0.4) is 0 Å². The van der Waals surface area contributed by atoms with Gasteiger partial charge in [-0.25, -0.2) is 15.0 Å². The van der Waals surface area contributed by atoms with Gasteiger partial charge in [-0.05, 0) is 49.9 Å². The molecule has 2 N–H and O–H groups in total. The minimum atomic E-state index is -4.70. The normalized spacial score (nSPS) is 14.3. The number of H-pyrrole nitrogens is 2. The van der Waals surface area contributed by atoms with Crippen LogP contribution in [0.2, 0.25) is 0 Å². The highest BCUT2D eigenvalue weighted by Gasteiger charge is 2.38. The molecule has 0 unspecified atom stereocenters. The Kier molecular flexibility index (Phi) is 5.18. The SMILES string of the molecule is FC(F)(F)c1nc2[nH]c1CCc1cccc(n1)CCc1[nH]c(nc1C(F)(F)F)-c1cccc-2n1. The third kappa shape index (κ3) is 4.27. The fourth-order valence-corrected chi connectivity index (χ4v) is 3.90. The van der Waals surface area contributed by atoms with Gasteiger partial charge in [0.2, 0.25) is 0 Å². The first kappa shape index (κ1) is 22.1. The summed E-state index contributed by atoms with van der Waals surface area (Å²) in [5, 5.41) is 0. The molecule has 0 aromatic carbocycles. The van der Waals surface area contributed by atoms with Gasteiger partial charge in [-0.2, -0.15) is 26.3 Å². The van der Waals surface area contributed by atoms with Crippen LogP contribution in [0, 0.1) is 0 Å². The maximum absolute atomic E-state index is 13.6. The molecular formula is C22H16F6N6. The van der Waals surface area contributed by atoms with Crippen LogP contribution in [0.15, 0.2) is 36.4 Å². The number of hydrogen-bond donors (Lipinski definition) is 2. The predicted octanol–water partition coefficient (Wildman–Crippen LogP) is 5.18. The van der Waals surface area contributed by atoms with Crippen molar-refractivity contribution in [1.29, 1.82) is 0 Å². The number of nitrogens with zero attached hydrogens (tertiary/aromatic N) is 4. The number of rotatable bonds is 0. The number of hydrogen-bond acceptors (Lipinski definition) is 4. The zero-order chi connectivity index (χ0) is 24.1. The molecule has 5 heterocycles. The lowest BCUT2D eigenvalue weighted by Crippen LogP contribution is -2.11. The lowest BCUT2D eigenvalue weighted by Gasteiger charge is -2.08. The Morgan fingerprint density at radius 1 is 0.559 bits per heavy atom. The van der Waals surface area contributed by atoms with Crippen LogP contribution in [-0.4, -0.2) is 29.9 Å². The van der Waals surface area contributed by atoms with Gasteiger partial charge >= 0.3 is 12.4 Å². The smallest absolute Gasteiger partial charge is 0.340 e. The highest BCUT2D eigenvalue weighted by Crippen LogP contribution is 2.35. The van der Waals surface area contributed by atoms with Gasteiger partial charge in [0.25, 0.3) is 0 Å². The second kappa shape index (κ2) is 7.96. The van der Waals surface area contributed by atoms with Crippen molar-refractivity contribution in [2.45, 2.75) is 38.0 Å². The minimum absolute atomic E-state index is 0.00434. The van der Waals surface area contributed by atoms with E-state index in [1.807, 2.05) is 0 Å². The van der Waals surface area contributed by atoms with Gasteiger partial charge < -0.3 is 9.97 Å². The quantitative estimate of drug-likeness (QED) is 0.341. The number of pyridine rings is 2. The molecule has 4 aromatic rings. The van der Waals surface area contributed by atoms with Crippen LogP contribution in [0.5, 0.6) is 0 Å². The van der Waals surface area contributed by atoms with E-state index < -0.39 is 23.7 Å². The van der Waals surface area contributed by atoms with Crippen molar-refractivity contribution in [3.63, 3.8) is 0 Å². The van der Waals surface area contributed by atoms with E-state index in [0.29, 0.717) is 11.4 Å². The van der Waals surface area contributed by atoms with Crippen molar-refractivity contribution in [2.24, 2.45) is 0 Å². The molecular weight excluding hydrogens is 462 g/mol. The third-order valence-corrected chi connectivity index (χ3v) is 5.46. The molecule has 0 saturated carbocycles. The highest BCUT2D eigenvalue weighted by molar-refractivity contribution is 5.59. The second-order valence-corrected chi connectivity index (χ2v) is 7.85. The average molecular weight is 478 g/mol. The first-order chi connectivity index (χ1) is 16.1. The van der Waals surface area contributed by atoms with Crippen molar-refractivity contribution in [2.75, 3.05) is 0 Å². The maximum Gasteiger partial charge on any atom is 0.435 e. The van der Waals surface area contributed by atoms with E-state index in [4.69, 9.17) is 0 Å². The van der Waals surface area contributed by atoms with Gasteiger partial charge in [0.1, 0.15) is 11.4 Å². The predicted molar refractivity (Wildman–Crippen MR) is 108 cm³/mol. The van der Waals surface area contributed by atoms with E-state index in [1.165, 1.54) is 18.2 Å². The summed E-state index contributed by atoms with van der Waals surface area (Å²) in [5.41, 5.74) is -1.21. The Balaban J connectivity index is 1.68. The van der Waals surface area contributed by atoms with Gasteiger partial charge in [0.15, 0.2) is 23.0 Å². The van der Waals surface area contributed by atoms with Gasteiger partial charge in [0.05, 0.1) is 0 Å². The van der Waals surface area contributed by atoms with Crippen LogP contribution in [0.4, 0.5) is 26.3 Å². The molecule has 0 fully saturated rings. The number of aryl methyl sites for hydroxylation is 4. The summed E-state index contributed by atoms with van der Waals surface area (Å²) in [6, 6.07) is 9.33. The van der Waals surface area contributed by atoms with Crippen LogP contribution in [-0.2, 0) is 38.0 Å². The zero-order valence-corrected chi connectivity index (χ0v) is 17.3. The highest BCUT2D eigenvalue weighted by atomic mass is 19.4. The molecule has 12 heteroatoms. The second-order valence-electron chi connectivity index (χ2n) is 7.85. The number of imidazole rings is 2. The Labute approximate surface area is 188 Å². The van der Waals surface area contributed by atoms with Crippen molar-refractivity contribution in [1.82, 2.24) is 29.9 Å². The topological polar surface area (TPSA) is 83.1 Å². The first-order valence-electron chi connectivity index (χ1n) is 10.3. The number of alkyl halides is 6. The lowest BCUT2D eigenvalue weighted by molar-refractivity contribution is -0.142. The van der Waals surface area contributed by atoms with Crippen LogP contribution in [0.1, 0.15) is 34.2 Å². The fourth-order valence-electron chi connectivity index (χ4n) is 3.90. The number of nitrogens with one attached hydrogen (secondary N) is 2. The fraction of sp³-hybridized carbons (Fsp3) is 0.273. The maximum atomic E-state index is 13.6. The van der Waals surface area contributed by atoms with Crippen molar-refractivity contribution >= 4 is 0 Å². The molecule has 6 nitrogen and oxygen atoms in total. The summed E-state index contributed by atoms with van der Waals surface area (Å²) < 4.78 is 81.9. The Bertz CT molecular complexity index is 1260. The van der Waals surface area contributed by atoms with E-state index in [9.17, 15) is 26.3 Å². The molecule has 0 atom stereocenters. The van der Waals surface area contributed by atoms with Crippen molar-refractivity contribution < 1.29 is 26.3 Å². The first-order valence-corrected chi connectivity index (χ1v) is 10.3. The Morgan fingerprint density at radius 2 is 1.00 bits per heavy atom. The summed E-state index contributed by atoms with van der Waals surface area (Å²) in [7, 11) is 0. The van der Waals surface area contributed by atoms with Crippen LogP contribution in [0.25, 0.3) is 23.0 Å². The number of aromatic amines is 2. The van der Waals surface area contributed by atoms with E-state index in [1.54, 1.807) is 18.2 Å². The van der Waals surface area contributed by atoms with E-state index in [-0.39, 0.29) is 60.1 Å². The molecule has 0 spiro atoms. The van der Waals surface area contributed by atoms with Crippen molar-refractivity contribution in [3.8, 4) is 23.0 Å². The standard InChI is InChI=1S/C22H16F6N6/c23-21(24,25)17-13-9-7-11-3-1-4-12(29-11)8-10-14-18(22(26,27)28)34-20(32-14)16-6-2-5-15(30-16)19(31-13)33-17/h1-6H,7-10H2,(H,31,33)(H,32,34). The molecule has 176 valence electrons. The number of halogens is 6. The van der Waals surface area contributed by atoms with Crippen LogP contribution >= 0.6 is 0 Å². The Hall–Kier alpha value is -3.70. The third-order valence-electron chi connectivity index (χ3n) is 5.46. The molecule has 1 aliphatic rings. The van der Waals surface area contributed by atoms with E-state index in [2.05, 4.69) is 29.9 Å². The summed E-state index contributed by atoms with van der Waals surface area (Å²) >= 11 is 0. The number of fused-ring (bicyclic) bond motifs is 10.